The molecule has 17 heavy (non-hydrogen) atoms. The van der Waals surface area contributed by atoms with Crippen LogP contribution < -0.4 is 10.6 Å². The zero-order valence-electron chi connectivity index (χ0n) is 10.3. The Morgan fingerprint density at radius 2 is 2.18 bits per heavy atom. The molecule has 0 aliphatic heterocycles. The average Bonchev–Trinajstić information content (AvgIpc) is 2.38. The Labute approximate surface area is 101 Å². The average molecular weight is 237 g/mol. The largest absolute Gasteiger partial charge is 0.409 e. The lowest BCUT2D eigenvalue weighted by Gasteiger charge is -2.21. The number of anilines is 1. The van der Waals surface area contributed by atoms with Crippen LogP contribution in [-0.4, -0.2) is 38.4 Å². The molecular weight excluding hydrogens is 218 g/mol. The zero-order chi connectivity index (χ0) is 12.7. The molecule has 0 aromatic heterocycles. The minimum atomic E-state index is 0.124. The number of benzene rings is 1. The lowest BCUT2D eigenvalue weighted by atomic mass is 10.1. The predicted octanol–water partition coefficient (Wildman–Crippen LogP) is 1.25. The zero-order valence-corrected chi connectivity index (χ0v) is 10.3. The van der Waals surface area contributed by atoms with Gasteiger partial charge in [-0.25, -0.2) is 0 Å². The molecule has 0 atom stereocenters. The molecule has 1 aromatic rings. The van der Waals surface area contributed by atoms with Gasteiger partial charge >= 0.3 is 0 Å². The van der Waals surface area contributed by atoms with Gasteiger partial charge in [0.2, 0.25) is 0 Å². The first-order valence-electron chi connectivity index (χ1n) is 5.47. The highest BCUT2D eigenvalue weighted by atomic mass is 16.5. The van der Waals surface area contributed by atoms with Crippen molar-refractivity contribution in [3.8, 4) is 0 Å². The summed E-state index contributed by atoms with van der Waals surface area (Å²) in [5, 5.41) is 11.8. The summed E-state index contributed by atoms with van der Waals surface area (Å²) in [5.74, 6) is 0.124. The van der Waals surface area contributed by atoms with Crippen molar-refractivity contribution in [2.24, 2.45) is 10.9 Å². The molecule has 0 saturated heterocycles. The van der Waals surface area contributed by atoms with Gasteiger partial charge in [0.1, 0.15) is 0 Å². The van der Waals surface area contributed by atoms with Crippen LogP contribution in [-0.2, 0) is 4.74 Å². The molecular formula is C12H19N3O2. The molecule has 0 heterocycles. The molecule has 0 amide bonds. The Kier molecular flexibility index (Phi) is 5.29. The molecule has 0 bridgehead atoms. The fraction of sp³-hybridized carbons (Fsp3) is 0.417. The van der Waals surface area contributed by atoms with Crippen molar-refractivity contribution in [2.45, 2.75) is 6.42 Å². The minimum absolute atomic E-state index is 0.124. The first kappa shape index (κ1) is 13.3. The Bertz CT molecular complexity index is 380. The van der Waals surface area contributed by atoms with Crippen molar-refractivity contribution in [2.75, 3.05) is 32.2 Å². The van der Waals surface area contributed by atoms with E-state index in [1.807, 2.05) is 31.3 Å². The maximum Gasteiger partial charge on any atom is 0.172 e. The third-order valence-corrected chi connectivity index (χ3v) is 2.54. The number of nitrogens with two attached hydrogens (primary N) is 1. The van der Waals surface area contributed by atoms with Crippen LogP contribution >= 0.6 is 0 Å². The summed E-state index contributed by atoms with van der Waals surface area (Å²) in [6.07, 6.45) is 0.928. The number of methoxy groups -OCH3 is 1. The van der Waals surface area contributed by atoms with Crippen LogP contribution in [0.5, 0.6) is 0 Å². The number of ether oxygens (including phenoxy) is 1. The number of hydrogen-bond donors (Lipinski definition) is 2. The summed E-state index contributed by atoms with van der Waals surface area (Å²) in [4.78, 5) is 2.06. The van der Waals surface area contributed by atoms with Gasteiger partial charge in [-0.3, -0.25) is 0 Å². The molecule has 0 unspecified atom stereocenters. The van der Waals surface area contributed by atoms with Crippen LogP contribution in [0.1, 0.15) is 12.0 Å². The first-order valence-corrected chi connectivity index (χ1v) is 5.47. The third-order valence-electron chi connectivity index (χ3n) is 2.54. The van der Waals surface area contributed by atoms with Crippen molar-refractivity contribution >= 4 is 11.5 Å². The summed E-state index contributed by atoms with van der Waals surface area (Å²) >= 11 is 0. The summed E-state index contributed by atoms with van der Waals surface area (Å²) in [5.41, 5.74) is 7.31. The molecule has 0 saturated carbocycles. The van der Waals surface area contributed by atoms with E-state index in [-0.39, 0.29) is 5.84 Å². The number of rotatable bonds is 6. The highest BCUT2D eigenvalue weighted by Crippen LogP contribution is 2.18. The Hall–Kier alpha value is -1.75. The lowest BCUT2D eigenvalue weighted by molar-refractivity contribution is 0.196. The summed E-state index contributed by atoms with van der Waals surface area (Å²) in [6, 6.07) is 7.56. The van der Waals surface area contributed by atoms with E-state index in [2.05, 4.69) is 10.1 Å². The Balaban J connectivity index is 2.82. The highest BCUT2D eigenvalue weighted by Gasteiger charge is 2.09. The van der Waals surface area contributed by atoms with Gasteiger partial charge in [-0.15, -0.1) is 0 Å². The van der Waals surface area contributed by atoms with Crippen molar-refractivity contribution in [1.82, 2.24) is 0 Å². The molecule has 0 aliphatic rings. The molecule has 0 aliphatic carbocycles. The highest BCUT2D eigenvalue weighted by molar-refractivity contribution is 6.02. The number of para-hydroxylation sites is 1. The van der Waals surface area contributed by atoms with Crippen LogP contribution in [0.2, 0.25) is 0 Å². The second-order valence-electron chi connectivity index (χ2n) is 3.77. The molecule has 1 rings (SSSR count). The van der Waals surface area contributed by atoms with Crippen LogP contribution in [0.15, 0.2) is 29.4 Å². The van der Waals surface area contributed by atoms with Gasteiger partial charge in [0.05, 0.1) is 0 Å². The second kappa shape index (κ2) is 6.75. The van der Waals surface area contributed by atoms with Gasteiger partial charge in [-0.2, -0.15) is 0 Å². The maximum absolute atomic E-state index is 8.73. The maximum atomic E-state index is 8.73. The number of oxime groups is 1. The predicted molar refractivity (Wildman–Crippen MR) is 68.7 cm³/mol. The van der Waals surface area contributed by atoms with Gasteiger partial charge in [0.15, 0.2) is 5.84 Å². The first-order chi connectivity index (χ1) is 8.20. The fourth-order valence-electron chi connectivity index (χ4n) is 1.64. The topological polar surface area (TPSA) is 71.1 Å². The quantitative estimate of drug-likeness (QED) is 0.257. The number of hydrogen-bond acceptors (Lipinski definition) is 4. The van der Waals surface area contributed by atoms with E-state index in [0.717, 1.165) is 30.8 Å². The van der Waals surface area contributed by atoms with Gasteiger partial charge < -0.3 is 20.6 Å². The monoisotopic (exact) mass is 237 g/mol. The summed E-state index contributed by atoms with van der Waals surface area (Å²) in [7, 11) is 3.66. The van der Waals surface area contributed by atoms with E-state index in [9.17, 15) is 0 Å². The molecule has 1 aromatic carbocycles. The van der Waals surface area contributed by atoms with Gasteiger partial charge in [-0.1, -0.05) is 17.3 Å². The standard InChI is InChI=1S/C12H19N3O2/c1-15(8-5-9-17-2)11-7-4-3-6-10(11)12(13)14-16/h3-4,6-7,16H,5,8-9H2,1-2H3,(H2,13,14). The van der Waals surface area contributed by atoms with E-state index in [4.69, 9.17) is 15.7 Å². The second-order valence-corrected chi connectivity index (χ2v) is 3.77. The van der Waals surface area contributed by atoms with Crippen LogP contribution in [0, 0.1) is 0 Å². The van der Waals surface area contributed by atoms with Crippen LogP contribution in [0.4, 0.5) is 5.69 Å². The summed E-state index contributed by atoms with van der Waals surface area (Å²) in [6.45, 7) is 1.57. The van der Waals surface area contributed by atoms with Gasteiger partial charge in [-0.05, 0) is 18.6 Å². The van der Waals surface area contributed by atoms with E-state index < -0.39 is 0 Å². The van der Waals surface area contributed by atoms with Crippen molar-refractivity contribution in [3.05, 3.63) is 29.8 Å². The Morgan fingerprint density at radius 3 is 2.82 bits per heavy atom. The smallest absolute Gasteiger partial charge is 0.172 e. The van der Waals surface area contributed by atoms with Gasteiger partial charge in [0.25, 0.3) is 0 Å². The van der Waals surface area contributed by atoms with E-state index in [1.165, 1.54) is 0 Å². The normalized spacial score (nSPS) is 11.5. The molecule has 5 nitrogen and oxygen atoms in total. The summed E-state index contributed by atoms with van der Waals surface area (Å²) < 4.78 is 5.01. The van der Waals surface area contributed by atoms with E-state index in [0.29, 0.717) is 0 Å². The molecule has 0 fully saturated rings. The molecule has 94 valence electrons. The number of amidine groups is 1. The van der Waals surface area contributed by atoms with Crippen LogP contribution in [0.25, 0.3) is 0 Å². The molecule has 0 spiro atoms. The molecule has 0 radical (unpaired) electrons. The fourth-order valence-corrected chi connectivity index (χ4v) is 1.64. The van der Waals surface area contributed by atoms with Crippen molar-refractivity contribution in [1.29, 1.82) is 0 Å². The van der Waals surface area contributed by atoms with E-state index >= 15 is 0 Å². The SMILES string of the molecule is COCCCN(C)c1ccccc1C(N)=NO. The number of nitrogens with zero attached hydrogens (tertiary/aromatic N) is 2. The van der Waals surface area contributed by atoms with E-state index in [1.54, 1.807) is 7.11 Å². The van der Waals surface area contributed by atoms with Crippen LogP contribution in [0.3, 0.4) is 0 Å². The van der Waals surface area contributed by atoms with Gasteiger partial charge in [0, 0.05) is 38.6 Å². The third kappa shape index (κ3) is 3.64. The van der Waals surface area contributed by atoms with Crippen molar-refractivity contribution < 1.29 is 9.94 Å². The van der Waals surface area contributed by atoms with Crippen molar-refractivity contribution in [3.63, 3.8) is 0 Å². The minimum Gasteiger partial charge on any atom is -0.409 e. The lowest BCUT2D eigenvalue weighted by Crippen LogP contribution is -2.24. The molecule has 5 heteroatoms. The Morgan fingerprint density at radius 1 is 1.47 bits per heavy atom. The molecule has 3 N–H and O–H groups in total.